The lowest BCUT2D eigenvalue weighted by molar-refractivity contribution is 0.0952. The average molecular weight is 245 g/mol. The first-order valence-corrected chi connectivity index (χ1v) is 6.77. The van der Waals surface area contributed by atoms with E-state index in [-0.39, 0.29) is 5.84 Å². The van der Waals surface area contributed by atoms with Gasteiger partial charge in [0.15, 0.2) is 0 Å². The monoisotopic (exact) mass is 245 g/mol. The van der Waals surface area contributed by atoms with Crippen LogP contribution in [0.4, 0.5) is 0 Å². The Balaban J connectivity index is 2.20. The Hall–Kier alpha value is -1.35. The van der Waals surface area contributed by atoms with Gasteiger partial charge in [0, 0.05) is 24.2 Å². The maximum absolute atomic E-state index is 7.65. The molecule has 0 saturated carbocycles. The fraction of sp³-hybridized carbons (Fsp3) is 0.533. The summed E-state index contributed by atoms with van der Waals surface area (Å²) in [6, 6.07) is 9.24. The van der Waals surface area contributed by atoms with Gasteiger partial charge in [0.2, 0.25) is 0 Å². The predicted molar refractivity (Wildman–Crippen MR) is 75.8 cm³/mol. The number of nitrogens with one attached hydrogen (secondary N) is 1. The summed E-state index contributed by atoms with van der Waals surface area (Å²) in [5.74, 6) is 0.169. The molecule has 0 spiro atoms. The Morgan fingerprint density at radius 2 is 1.89 bits per heavy atom. The molecule has 98 valence electrons. The van der Waals surface area contributed by atoms with Crippen LogP contribution in [-0.2, 0) is 6.54 Å². The third kappa shape index (κ3) is 2.72. The highest BCUT2D eigenvalue weighted by molar-refractivity contribution is 5.96. The minimum atomic E-state index is 0.169. The Bertz CT molecular complexity index is 418. The lowest BCUT2D eigenvalue weighted by Crippen LogP contribution is -2.43. The molecule has 0 bridgehead atoms. The van der Waals surface area contributed by atoms with Crippen molar-refractivity contribution < 1.29 is 0 Å². The van der Waals surface area contributed by atoms with Crippen LogP contribution < -0.4 is 5.73 Å². The van der Waals surface area contributed by atoms with Crippen molar-refractivity contribution in [3.63, 3.8) is 0 Å². The number of hydrogen-bond acceptors (Lipinski definition) is 2. The number of rotatable bonds is 3. The number of hydrogen-bond donors (Lipinski definition) is 2. The normalized spacial score (nSPS) is 25.0. The fourth-order valence-electron chi connectivity index (χ4n) is 2.90. The molecular formula is C15H23N3. The summed E-state index contributed by atoms with van der Waals surface area (Å²) in [7, 11) is 0. The van der Waals surface area contributed by atoms with Crippen molar-refractivity contribution in [2.45, 2.75) is 51.7 Å². The molecule has 2 rings (SSSR count). The van der Waals surface area contributed by atoms with Gasteiger partial charge in [-0.05, 0) is 32.3 Å². The molecule has 1 aromatic carbocycles. The predicted octanol–water partition coefficient (Wildman–Crippen LogP) is 2.73. The number of nitrogen functional groups attached to an aromatic ring is 1. The number of nitrogens with two attached hydrogens (primary N) is 1. The molecule has 1 saturated heterocycles. The zero-order chi connectivity index (χ0) is 13.1. The number of piperidine rings is 1. The highest BCUT2D eigenvalue weighted by Gasteiger charge is 2.25. The lowest BCUT2D eigenvalue weighted by atomic mass is 9.96. The summed E-state index contributed by atoms with van der Waals surface area (Å²) >= 11 is 0. The van der Waals surface area contributed by atoms with Crippen molar-refractivity contribution in [2.75, 3.05) is 0 Å². The SMILES string of the molecule is C[C@@H]1CCC[C@H](C)N1Cc1ccccc1C(=N)N. The lowest BCUT2D eigenvalue weighted by Gasteiger charge is -2.39. The Labute approximate surface area is 109 Å². The largest absolute Gasteiger partial charge is 0.384 e. The van der Waals surface area contributed by atoms with Gasteiger partial charge in [-0.25, -0.2) is 0 Å². The number of nitrogens with zero attached hydrogens (tertiary/aromatic N) is 1. The average Bonchev–Trinajstić information content (AvgIpc) is 2.34. The first kappa shape index (κ1) is 13.1. The van der Waals surface area contributed by atoms with Gasteiger partial charge in [-0.2, -0.15) is 0 Å². The topological polar surface area (TPSA) is 53.1 Å². The highest BCUT2D eigenvalue weighted by atomic mass is 15.2. The standard InChI is InChI=1S/C15H23N3/c1-11-6-5-7-12(2)18(11)10-13-8-3-4-9-14(13)15(16)17/h3-4,8-9,11-12H,5-7,10H2,1-2H3,(H3,16,17)/t11-,12+. The van der Waals surface area contributed by atoms with Crippen LogP contribution in [0.3, 0.4) is 0 Å². The van der Waals surface area contributed by atoms with Crippen molar-refractivity contribution >= 4 is 5.84 Å². The van der Waals surface area contributed by atoms with Crippen LogP contribution in [0.15, 0.2) is 24.3 Å². The maximum Gasteiger partial charge on any atom is 0.123 e. The molecule has 2 atom stereocenters. The first-order valence-electron chi connectivity index (χ1n) is 6.77. The second-order valence-corrected chi connectivity index (χ2v) is 5.37. The van der Waals surface area contributed by atoms with Gasteiger partial charge in [0.1, 0.15) is 5.84 Å². The van der Waals surface area contributed by atoms with Crippen LogP contribution in [0.5, 0.6) is 0 Å². The molecule has 3 heteroatoms. The summed E-state index contributed by atoms with van der Waals surface area (Å²) in [5, 5.41) is 7.65. The third-order valence-corrected chi connectivity index (χ3v) is 4.04. The first-order chi connectivity index (χ1) is 8.59. The molecule has 0 radical (unpaired) electrons. The van der Waals surface area contributed by atoms with Crippen LogP contribution in [0, 0.1) is 5.41 Å². The van der Waals surface area contributed by atoms with E-state index in [1.165, 1.54) is 24.8 Å². The molecule has 1 heterocycles. The van der Waals surface area contributed by atoms with Gasteiger partial charge in [0.05, 0.1) is 0 Å². The molecule has 3 N–H and O–H groups in total. The second kappa shape index (κ2) is 5.53. The van der Waals surface area contributed by atoms with Crippen molar-refractivity contribution in [1.29, 1.82) is 5.41 Å². The van der Waals surface area contributed by atoms with E-state index in [1.54, 1.807) is 0 Å². The van der Waals surface area contributed by atoms with E-state index < -0.39 is 0 Å². The minimum absolute atomic E-state index is 0.169. The van der Waals surface area contributed by atoms with Crippen LogP contribution in [0.2, 0.25) is 0 Å². The second-order valence-electron chi connectivity index (χ2n) is 5.37. The minimum Gasteiger partial charge on any atom is -0.384 e. The van der Waals surface area contributed by atoms with Crippen LogP contribution in [-0.4, -0.2) is 22.8 Å². The van der Waals surface area contributed by atoms with E-state index in [0.29, 0.717) is 12.1 Å². The molecule has 1 aromatic rings. The van der Waals surface area contributed by atoms with Crippen LogP contribution in [0.25, 0.3) is 0 Å². The Kier molecular flexibility index (Phi) is 4.02. The van der Waals surface area contributed by atoms with E-state index in [9.17, 15) is 0 Å². The number of amidine groups is 1. The smallest absolute Gasteiger partial charge is 0.123 e. The van der Waals surface area contributed by atoms with Crippen molar-refractivity contribution in [3.8, 4) is 0 Å². The van der Waals surface area contributed by atoms with Gasteiger partial charge < -0.3 is 5.73 Å². The maximum atomic E-state index is 7.65. The van der Waals surface area contributed by atoms with Gasteiger partial charge >= 0.3 is 0 Å². The Morgan fingerprint density at radius 1 is 1.28 bits per heavy atom. The number of benzene rings is 1. The third-order valence-electron chi connectivity index (χ3n) is 4.04. The summed E-state index contributed by atoms with van der Waals surface area (Å²) in [6.45, 7) is 5.50. The van der Waals surface area contributed by atoms with Crippen molar-refractivity contribution in [1.82, 2.24) is 4.90 Å². The van der Waals surface area contributed by atoms with E-state index >= 15 is 0 Å². The van der Waals surface area contributed by atoms with E-state index in [0.717, 1.165) is 12.1 Å². The van der Waals surface area contributed by atoms with Gasteiger partial charge in [-0.3, -0.25) is 10.3 Å². The summed E-state index contributed by atoms with van der Waals surface area (Å²) in [4.78, 5) is 2.53. The fourth-order valence-corrected chi connectivity index (χ4v) is 2.90. The highest BCUT2D eigenvalue weighted by Crippen LogP contribution is 2.25. The summed E-state index contributed by atoms with van der Waals surface area (Å²) in [6.07, 6.45) is 3.87. The molecule has 0 unspecified atom stereocenters. The molecular weight excluding hydrogens is 222 g/mol. The summed E-state index contributed by atoms with van der Waals surface area (Å²) in [5.41, 5.74) is 7.70. The molecule has 1 aliphatic rings. The van der Waals surface area contributed by atoms with Gasteiger partial charge in [-0.1, -0.05) is 30.7 Å². The summed E-state index contributed by atoms with van der Waals surface area (Å²) < 4.78 is 0. The quantitative estimate of drug-likeness (QED) is 0.635. The van der Waals surface area contributed by atoms with Crippen molar-refractivity contribution in [2.24, 2.45) is 5.73 Å². The van der Waals surface area contributed by atoms with E-state index in [2.05, 4.69) is 24.8 Å². The molecule has 3 nitrogen and oxygen atoms in total. The van der Waals surface area contributed by atoms with Crippen molar-refractivity contribution in [3.05, 3.63) is 35.4 Å². The van der Waals surface area contributed by atoms with E-state index in [1.807, 2.05) is 18.2 Å². The zero-order valence-corrected chi connectivity index (χ0v) is 11.3. The van der Waals surface area contributed by atoms with Crippen LogP contribution >= 0.6 is 0 Å². The van der Waals surface area contributed by atoms with Gasteiger partial charge in [0.25, 0.3) is 0 Å². The number of likely N-dealkylation sites (tertiary alicyclic amines) is 1. The molecule has 0 aliphatic carbocycles. The molecule has 0 aromatic heterocycles. The van der Waals surface area contributed by atoms with E-state index in [4.69, 9.17) is 11.1 Å². The molecule has 1 fully saturated rings. The molecule has 0 amide bonds. The molecule has 18 heavy (non-hydrogen) atoms. The molecule has 1 aliphatic heterocycles. The van der Waals surface area contributed by atoms with Gasteiger partial charge in [-0.15, -0.1) is 0 Å². The van der Waals surface area contributed by atoms with Crippen LogP contribution in [0.1, 0.15) is 44.2 Å². The Morgan fingerprint density at radius 3 is 2.50 bits per heavy atom. The zero-order valence-electron chi connectivity index (χ0n) is 11.3.